The van der Waals surface area contributed by atoms with Crippen LogP contribution in [0.1, 0.15) is 5.56 Å². The molecule has 1 aromatic heterocycles. The molecule has 0 fully saturated rings. The van der Waals surface area contributed by atoms with E-state index >= 15 is 0 Å². The van der Waals surface area contributed by atoms with Crippen LogP contribution >= 0.6 is 9.42 Å². The molecule has 0 aliphatic carbocycles. The van der Waals surface area contributed by atoms with Gasteiger partial charge in [-0.15, -0.1) is 48.0 Å². The Kier molecular flexibility index (Phi) is 10.9. The molecule has 0 saturated heterocycles. The van der Waals surface area contributed by atoms with Crippen molar-refractivity contribution in [2.24, 2.45) is 0 Å². The first-order valence-corrected chi connectivity index (χ1v) is 9.63. The van der Waals surface area contributed by atoms with Crippen molar-refractivity contribution in [3.8, 4) is 11.3 Å². The van der Waals surface area contributed by atoms with Gasteiger partial charge < -0.3 is 9.72 Å². The minimum Gasteiger partial charge on any atom is -0.305 e. The van der Waals surface area contributed by atoms with Gasteiger partial charge in [0.25, 0.3) is 0 Å². The van der Waals surface area contributed by atoms with Crippen LogP contribution in [0, 0.1) is 12.7 Å². The first-order chi connectivity index (χ1) is 11.4. The molecule has 3 aromatic rings. The van der Waals surface area contributed by atoms with Crippen molar-refractivity contribution in [2.75, 3.05) is 7.11 Å². The van der Waals surface area contributed by atoms with Gasteiger partial charge in [0.15, 0.2) is 0 Å². The van der Waals surface area contributed by atoms with E-state index in [2.05, 4.69) is 20.5 Å². The van der Waals surface area contributed by atoms with Crippen molar-refractivity contribution in [3.05, 3.63) is 97.2 Å². The largest absolute Gasteiger partial charge is 0.305 e. The maximum Gasteiger partial charge on any atom is 0.0160 e. The molecule has 3 rings (SSSR count). The zero-order valence-corrected chi connectivity index (χ0v) is 15.7. The summed E-state index contributed by atoms with van der Waals surface area (Å²) < 4.78 is 4.80. The number of pyridine rings is 1. The van der Waals surface area contributed by atoms with Crippen molar-refractivity contribution in [3.63, 3.8) is 0 Å². The van der Waals surface area contributed by atoms with Crippen molar-refractivity contribution >= 4 is 9.42 Å². The Morgan fingerprint density at radius 1 is 0.957 bits per heavy atom. The van der Waals surface area contributed by atoms with E-state index < -0.39 is 0 Å². The second-order valence-corrected chi connectivity index (χ2v) is 4.26. The molecule has 0 aliphatic rings. The minimum atomic E-state index is 0.970. The molecule has 0 unspecified atom stereocenters. The summed E-state index contributed by atoms with van der Waals surface area (Å²) in [7, 11) is 6.26. The molecule has 123 valence electrons. The molecule has 23 heavy (non-hydrogen) atoms. The molecule has 0 atom stereocenters. The van der Waals surface area contributed by atoms with Crippen LogP contribution < -0.4 is 0 Å². The van der Waals surface area contributed by atoms with E-state index in [9.17, 15) is 0 Å². The summed E-state index contributed by atoms with van der Waals surface area (Å²) in [4.78, 5) is 4.22. The quantitative estimate of drug-likeness (QED) is 0.463. The smallest absolute Gasteiger partial charge is 0.0160 e. The van der Waals surface area contributed by atoms with Gasteiger partial charge in [0.05, 0.1) is 0 Å². The standard InChI is InChI=1S/C11H8N.C8H9O.ClH.Pt/c1-2-6-10(7-3-1)11-8-4-5-9-12-11;1-9-7-8-5-3-2-4-6-8;;/h1-6,8-9H;2-7H,1H3;1H;/q2*-1;;+1/p-1. The normalized spacial score (nSPS) is 8.87. The van der Waals surface area contributed by atoms with Crippen molar-refractivity contribution in [1.82, 2.24) is 4.98 Å². The Balaban J connectivity index is 0.000000215. The molecule has 2 nitrogen and oxygen atoms in total. The van der Waals surface area contributed by atoms with Gasteiger partial charge in [-0.1, -0.05) is 24.8 Å². The SMILES string of the molecule is CO[CH-]c1ccccc1.[Cl][Pt].[c-]1ccccc1-c1ccccn1. The van der Waals surface area contributed by atoms with Crippen LogP contribution in [0.2, 0.25) is 0 Å². The van der Waals surface area contributed by atoms with Crippen LogP contribution in [0.15, 0.2) is 79.0 Å². The molecule has 0 saturated carbocycles. The molecule has 0 radical (unpaired) electrons. The molecule has 0 bridgehead atoms. The van der Waals surface area contributed by atoms with E-state index in [1.165, 1.54) is 0 Å². The molecule has 0 spiro atoms. The van der Waals surface area contributed by atoms with E-state index in [4.69, 9.17) is 4.74 Å². The summed E-state index contributed by atoms with van der Waals surface area (Å²) in [6.07, 6.45) is 1.79. The van der Waals surface area contributed by atoms with Gasteiger partial charge in [-0.3, -0.25) is 0 Å². The fourth-order valence-corrected chi connectivity index (χ4v) is 1.74. The molecular formula is C19H17ClNOPt-2. The Labute approximate surface area is 153 Å². The van der Waals surface area contributed by atoms with Gasteiger partial charge >= 0.3 is 28.2 Å². The number of aromatic nitrogens is 1. The average molecular weight is 506 g/mol. The van der Waals surface area contributed by atoms with Crippen LogP contribution in [0.4, 0.5) is 0 Å². The molecule has 0 amide bonds. The van der Waals surface area contributed by atoms with Crippen LogP contribution in [0.25, 0.3) is 11.3 Å². The van der Waals surface area contributed by atoms with E-state index in [0.29, 0.717) is 0 Å². The molecular weight excluding hydrogens is 489 g/mol. The van der Waals surface area contributed by atoms with E-state index in [1.54, 1.807) is 38.7 Å². The van der Waals surface area contributed by atoms with E-state index in [1.807, 2.05) is 72.8 Å². The Bertz CT molecular complexity index is 583. The van der Waals surface area contributed by atoms with Gasteiger partial charge in [0.1, 0.15) is 0 Å². The zero-order chi connectivity index (χ0) is 16.8. The summed E-state index contributed by atoms with van der Waals surface area (Å²) in [5, 5.41) is 0. The number of nitrogens with zero attached hydrogens (tertiary/aromatic N) is 1. The maximum absolute atomic E-state index is 4.80. The molecule has 0 N–H and O–H groups in total. The summed E-state index contributed by atoms with van der Waals surface area (Å²) in [5.74, 6) is 0. The van der Waals surface area contributed by atoms with Crippen molar-refractivity contribution in [1.29, 1.82) is 0 Å². The van der Waals surface area contributed by atoms with Gasteiger partial charge in [0, 0.05) is 13.3 Å². The van der Waals surface area contributed by atoms with Crippen LogP contribution in [0.5, 0.6) is 0 Å². The molecule has 1 heterocycles. The summed E-state index contributed by atoms with van der Waals surface area (Å²) in [6, 6.07) is 26.7. The maximum atomic E-state index is 4.80. The van der Waals surface area contributed by atoms with Crippen molar-refractivity contribution < 1.29 is 23.5 Å². The molecule has 4 heteroatoms. The van der Waals surface area contributed by atoms with Gasteiger partial charge in [-0.2, -0.15) is 17.7 Å². The first-order valence-electron chi connectivity index (χ1n) is 6.81. The second-order valence-electron chi connectivity index (χ2n) is 4.26. The fourth-order valence-electron chi connectivity index (χ4n) is 1.74. The Morgan fingerprint density at radius 2 is 1.65 bits per heavy atom. The number of benzene rings is 2. The van der Waals surface area contributed by atoms with Gasteiger partial charge in [-0.05, 0) is 11.8 Å². The number of hydrogen-bond acceptors (Lipinski definition) is 2. The zero-order valence-electron chi connectivity index (χ0n) is 12.6. The predicted molar refractivity (Wildman–Crippen MR) is 91.2 cm³/mol. The topological polar surface area (TPSA) is 22.1 Å². The van der Waals surface area contributed by atoms with Gasteiger partial charge in [0.2, 0.25) is 0 Å². The first kappa shape index (κ1) is 19.4. The van der Waals surface area contributed by atoms with Crippen LogP contribution in [0.3, 0.4) is 0 Å². The third-order valence-electron chi connectivity index (χ3n) is 2.70. The Hall–Kier alpha value is -1.60. The second kappa shape index (κ2) is 12.9. The fraction of sp³-hybridized carbons (Fsp3) is 0.0526. The third kappa shape index (κ3) is 7.99. The number of methoxy groups -OCH3 is 1. The van der Waals surface area contributed by atoms with E-state index in [-0.39, 0.29) is 0 Å². The van der Waals surface area contributed by atoms with Crippen molar-refractivity contribution in [2.45, 2.75) is 0 Å². The number of halogens is 1. The summed E-state index contributed by atoms with van der Waals surface area (Å²) in [6.45, 7) is 1.71. The average Bonchev–Trinajstić information content (AvgIpc) is 2.67. The predicted octanol–water partition coefficient (Wildman–Crippen LogP) is 5.08. The number of rotatable bonds is 3. The van der Waals surface area contributed by atoms with Crippen LogP contribution in [-0.4, -0.2) is 12.1 Å². The molecule has 2 aromatic carbocycles. The Morgan fingerprint density at radius 3 is 2.22 bits per heavy atom. The van der Waals surface area contributed by atoms with Crippen LogP contribution in [-0.2, 0) is 23.5 Å². The van der Waals surface area contributed by atoms with E-state index in [0.717, 1.165) is 16.8 Å². The summed E-state index contributed by atoms with van der Waals surface area (Å²) in [5.41, 5.74) is 3.11. The number of hydrogen-bond donors (Lipinski definition) is 0. The monoisotopic (exact) mass is 505 g/mol. The minimum absolute atomic E-state index is 0.970. The third-order valence-corrected chi connectivity index (χ3v) is 2.70. The number of ether oxygens (including phenoxy) is 1. The van der Waals surface area contributed by atoms with Gasteiger partial charge in [-0.25, -0.2) is 0 Å². The molecule has 0 aliphatic heterocycles. The summed E-state index contributed by atoms with van der Waals surface area (Å²) >= 11 is 1.61.